The molecule has 18 heavy (non-hydrogen) atoms. The fraction of sp³-hybridized carbons (Fsp3) is 0.625. The molecule has 0 aromatic heterocycles. The normalized spacial score (nSPS) is 25.9. The molecule has 2 N–H and O–H groups in total. The first-order valence-electron chi connectivity index (χ1n) is 7.13. The van der Waals surface area contributed by atoms with E-state index >= 15 is 0 Å². The average molecular weight is 247 g/mol. The molecule has 100 valence electrons. The summed E-state index contributed by atoms with van der Waals surface area (Å²) in [5, 5.41) is 13.3. The lowest BCUT2D eigenvalue weighted by Crippen LogP contribution is -2.30. The monoisotopic (exact) mass is 247 g/mol. The summed E-state index contributed by atoms with van der Waals surface area (Å²) in [7, 11) is 0. The molecule has 0 amide bonds. The minimum atomic E-state index is -0.0696. The largest absolute Gasteiger partial charge is 0.393 e. The Bertz CT molecular complexity index is 377. The maximum atomic E-state index is 9.67. The van der Waals surface area contributed by atoms with Gasteiger partial charge in [-0.3, -0.25) is 0 Å². The van der Waals surface area contributed by atoms with Gasteiger partial charge in [0.2, 0.25) is 0 Å². The van der Waals surface area contributed by atoms with Gasteiger partial charge in [0, 0.05) is 6.04 Å². The predicted molar refractivity (Wildman–Crippen MR) is 75.6 cm³/mol. The predicted octanol–water partition coefficient (Wildman–Crippen LogP) is 3.20. The molecule has 2 heteroatoms. The lowest BCUT2D eigenvalue weighted by atomic mass is 9.87. The van der Waals surface area contributed by atoms with Crippen molar-refractivity contribution in [1.82, 2.24) is 5.32 Å². The Morgan fingerprint density at radius 3 is 2.94 bits per heavy atom. The Balaban J connectivity index is 1.82. The number of aliphatic hydroxyl groups is 1. The van der Waals surface area contributed by atoms with Crippen molar-refractivity contribution in [3.8, 4) is 0 Å². The number of hydrogen-bond acceptors (Lipinski definition) is 2. The Kier molecular flexibility index (Phi) is 4.79. The van der Waals surface area contributed by atoms with Crippen LogP contribution in [-0.4, -0.2) is 17.8 Å². The smallest absolute Gasteiger partial charge is 0.0543 e. The molecule has 1 aromatic carbocycles. The van der Waals surface area contributed by atoms with Gasteiger partial charge in [-0.15, -0.1) is 0 Å². The molecule has 2 nitrogen and oxygen atoms in total. The summed E-state index contributed by atoms with van der Waals surface area (Å²) in [6, 6.07) is 9.07. The summed E-state index contributed by atoms with van der Waals surface area (Å²) in [5.74, 6) is 0.640. The zero-order valence-corrected chi connectivity index (χ0v) is 11.5. The van der Waals surface area contributed by atoms with Crippen LogP contribution in [0.3, 0.4) is 0 Å². The molecular formula is C16H25NO. The highest BCUT2D eigenvalue weighted by molar-refractivity contribution is 5.24. The van der Waals surface area contributed by atoms with Gasteiger partial charge >= 0.3 is 0 Å². The fourth-order valence-corrected chi connectivity index (χ4v) is 2.85. The van der Waals surface area contributed by atoms with E-state index in [0.717, 1.165) is 19.4 Å². The van der Waals surface area contributed by atoms with E-state index in [1.807, 2.05) is 0 Å². The molecule has 0 aliphatic heterocycles. The second kappa shape index (κ2) is 6.35. The van der Waals surface area contributed by atoms with Gasteiger partial charge in [-0.1, -0.05) is 36.2 Å². The van der Waals surface area contributed by atoms with Crippen LogP contribution in [0.15, 0.2) is 24.3 Å². The maximum Gasteiger partial charge on any atom is 0.0543 e. The van der Waals surface area contributed by atoms with Crippen LogP contribution in [-0.2, 0) is 0 Å². The van der Waals surface area contributed by atoms with E-state index in [1.54, 1.807) is 0 Å². The van der Waals surface area contributed by atoms with Crippen LogP contribution >= 0.6 is 0 Å². The first kappa shape index (κ1) is 13.6. The van der Waals surface area contributed by atoms with Gasteiger partial charge in [-0.05, 0) is 51.1 Å². The summed E-state index contributed by atoms with van der Waals surface area (Å²) in [6.07, 6.45) is 4.31. The lowest BCUT2D eigenvalue weighted by molar-refractivity contribution is 0.0998. The standard InChI is InChI=1S/C16H25NO/c1-12-5-3-7-15(9-12)13(2)17-11-14-6-4-8-16(18)10-14/h3,5,7,9,13-14,16-18H,4,6,8,10-11H2,1-2H3. The maximum absolute atomic E-state index is 9.67. The molecule has 1 aromatic rings. The zero-order valence-electron chi connectivity index (χ0n) is 11.5. The zero-order chi connectivity index (χ0) is 13.0. The SMILES string of the molecule is Cc1cccc(C(C)NCC2CCCC(O)C2)c1. The quantitative estimate of drug-likeness (QED) is 0.856. The van der Waals surface area contributed by atoms with Crippen LogP contribution in [0.2, 0.25) is 0 Å². The highest BCUT2D eigenvalue weighted by atomic mass is 16.3. The van der Waals surface area contributed by atoms with E-state index in [4.69, 9.17) is 0 Å². The molecule has 0 radical (unpaired) electrons. The molecule has 0 saturated heterocycles. The summed E-state index contributed by atoms with van der Waals surface area (Å²) in [4.78, 5) is 0. The van der Waals surface area contributed by atoms with Crippen molar-refractivity contribution in [3.05, 3.63) is 35.4 Å². The number of nitrogens with one attached hydrogen (secondary N) is 1. The van der Waals surface area contributed by atoms with Crippen molar-refractivity contribution in [2.45, 2.75) is 51.7 Å². The number of hydrogen-bond donors (Lipinski definition) is 2. The van der Waals surface area contributed by atoms with Gasteiger partial charge in [0.15, 0.2) is 0 Å². The summed E-state index contributed by atoms with van der Waals surface area (Å²) < 4.78 is 0. The summed E-state index contributed by atoms with van der Waals surface area (Å²) >= 11 is 0. The van der Waals surface area contributed by atoms with Gasteiger partial charge in [0.1, 0.15) is 0 Å². The molecule has 0 heterocycles. The third-order valence-electron chi connectivity index (χ3n) is 4.01. The van der Waals surface area contributed by atoms with E-state index in [9.17, 15) is 5.11 Å². The van der Waals surface area contributed by atoms with E-state index < -0.39 is 0 Å². The van der Waals surface area contributed by atoms with Crippen LogP contribution in [0.5, 0.6) is 0 Å². The molecule has 0 bridgehead atoms. The molecule has 3 atom stereocenters. The molecule has 3 unspecified atom stereocenters. The van der Waals surface area contributed by atoms with Crippen LogP contribution in [0.1, 0.15) is 49.8 Å². The molecule has 1 fully saturated rings. The molecule has 1 saturated carbocycles. The average Bonchev–Trinajstić information content (AvgIpc) is 2.36. The van der Waals surface area contributed by atoms with Gasteiger partial charge in [-0.25, -0.2) is 0 Å². The van der Waals surface area contributed by atoms with Gasteiger partial charge in [0.25, 0.3) is 0 Å². The van der Waals surface area contributed by atoms with Crippen LogP contribution in [0, 0.1) is 12.8 Å². The van der Waals surface area contributed by atoms with Gasteiger partial charge in [0.05, 0.1) is 6.10 Å². The van der Waals surface area contributed by atoms with Crippen LogP contribution in [0.4, 0.5) is 0 Å². The van der Waals surface area contributed by atoms with E-state index in [0.29, 0.717) is 12.0 Å². The topological polar surface area (TPSA) is 32.3 Å². The Labute approximate surface area is 110 Å². The molecule has 1 aliphatic rings. The van der Waals surface area contributed by atoms with Gasteiger partial charge in [-0.2, -0.15) is 0 Å². The van der Waals surface area contributed by atoms with E-state index in [2.05, 4.69) is 43.4 Å². The third kappa shape index (κ3) is 3.82. The summed E-state index contributed by atoms with van der Waals surface area (Å²) in [5.41, 5.74) is 2.67. The molecular weight excluding hydrogens is 222 g/mol. The van der Waals surface area contributed by atoms with Crippen molar-refractivity contribution in [2.24, 2.45) is 5.92 Å². The highest BCUT2D eigenvalue weighted by Gasteiger charge is 2.20. The molecule has 0 spiro atoms. The van der Waals surface area contributed by atoms with Crippen molar-refractivity contribution >= 4 is 0 Å². The molecule has 1 aliphatic carbocycles. The number of aryl methyl sites for hydroxylation is 1. The summed E-state index contributed by atoms with van der Waals surface area (Å²) in [6.45, 7) is 5.37. The minimum Gasteiger partial charge on any atom is -0.393 e. The van der Waals surface area contributed by atoms with Gasteiger partial charge < -0.3 is 10.4 Å². The number of aliphatic hydroxyl groups excluding tert-OH is 1. The van der Waals surface area contributed by atoms with Crippen molar-refractivity contribution in [3.63, 3.8) is 0 Å². The highest BCUT2D eigenvalue weighted by Crippen LogP contribution is 2.24. The Morgan fingerprint density at radius 2 is 2.22 bits per heavy atom. The van der Waals surface area contributed by atoms with Crippen molar-refractivity contribution in [1.29, 1.82) is 0 Å². The van der Waals surface area contributed by atoms with Crippen LogP contribution in [0.25, 0.3) is 0 Å². The second-order valence-electron chi connectivity index (χ2n) is 5.73. The first-order valence-corrected chi connectivity index (χ1v) is 7.13. The Hall–Kier alpha value is -0.860. The van der Waals surface area contributed by atoms with Crippen molar-refractivity contribution in [2.75, 3.05) is 6.54 Å². The first-order chi connectivity index (χ1) is 8.65. The van der Waals surface area contributed by atoms with E-state index in [1.165, 1.54) is 24.0 Å². The molecule has 2 rings (SSSR count). The Morgan fingerprint density at radius 1 is 1.39 bits per heavy atom. The minimum absolute atomic E-state index is 0.0696. The number of rotatable bonds is 4. The third-order valence-corrected chi connectivity index (χ3v) is 4.01. The number of benzene rings is 1. The second-order valence-corrected chi connectivity index (χ2v) is 5.73. The van der Waals surface area contributed by atoms with Crippen LogP contribution < -0.4 is 5.32 Å². The fourth-order valence-electron chi connectivity index (χ4n) is 2.85. The van der Waals surface area contributed by atoms with E-state index in [-0.39, 0.29) is 6.10 Å². The lowest BCUT2D eigenvalue weighted by Gasteiger charge is -2.27. The van der Waals surface area contributed by atoms with Crippen molar-refractivity contribution < 1.29 is 5.11 Å².